The number of rotatable bonds is 11. The highest BCUT2D eigenvalue weighted by Crippen LogP contribution is 2.45. The predicted octanol–water partition coefficient (Wildman–Crippen LogP) is 8.21. The zero-order valence-electron chi connectivity index (χ0n) is 27.1. The van der Waals surface area contributed by atoms with Gasteiger partial charge in [-0.25, -0.2) is 0 Å². The molecular weight excluding hydrogens is 671 g/mol. The average Bonchev–Trinajstić information content (AvgIpc) is 3.74. The number of aliphatic hydroxyl groups excluding tert-OH is 1. The van der Waals surface area contributed by atoms with Crippen molar-refractivity contribution >= 4 is 56.5 Å². The number of ketones is 1. The summed E-state index contributed by atoms with van der Waals surface area (Å²) in [6.45, 7) is 0.377. The number of ether oxygens (including phenoxy) is 3. The van der Waals surface area contributed by atoms with Crippen LogP contribution in [0.5, 0.6) is 17.2 Å². The molecule has 1 unspecified atom stereocenters. The van der Waals surface area contributed by atoms with Crippen molar-refractivity contribution in [2.24, 2.45) is 0 Å². The molecule has 1 fully saturated rings. The third-order valence-corrected chi connectivity index (χ3v) is 10.5. The molecule has 250 valence electrons. The van der Waals surface area contributed by atoms with Crippen molar-refractivity contribution in [1.82, 2.24) is 10.2 Å². The number of amides is 1. The molecule has 1 atom stereocenters. The lowest BCUT2D eigenvalue weighted by Gasteiger charge is -2.23. The van der Waals surface area contributed by atoms with Gasteiger partial charge in [-0.15, -0.1) is 10.2 Å². The highest BCUT2D eigenvalue weighted by molar-refractivity contribution is 8.00. The van der Waals surface area contributed by atoms with Crippen molar-refractivity contribution in [2.75, 3.05) is 19.1 Å². The van der Waals surface area contributed by atoms with Gasteiger partial charge < -0.3 is 19.3 Å². The Balaban J connectivity index is 1.23. The molecule has 2 heterocycles. The van der Waals surface area contributed by atoms with Gasteiger partial charge >= 0.3 is 5.91 Å². The summed E-state index contributed by atoms with van der Waals surface area (Å²) in [5.41, 5.74) is 2.95. The molecule has 6 aromatic rings. The van der Waals surface area contributed by atoms with Crippen LogP contribution < -0.4 is 19.1 Å². The Bertz CT molecular complexity index is 2210. The molecular formula is C39H31N3O6S2. The Kier molecular flexibility index (Phi) is 9.50. The van der Waals surface area contributed by atoms with E-state index in [4.69, 9.17) is 14.2 Å². The molecule has 0 aliphatic carbocycles. The molecule has 0 saturated carbocycles. The molecule has 1 aromatic heterocycles. The monoisotopic (exact) mass is 701 g/mol. The van der Waals surface area contributed by atoms with Gasteiger partial charge in [-0.3, -0.25) is 14.5 Å². The average molecular weight is 702 g/mol. The largest absolute Gasteiger partial charge is 0.507 e. The van der Waals surface area contributed by atoms with Crippen LogP contribution in [0.4, 0.5) is 5.13 Å². The quantitative estimate of drug-likeness (QED) is 0.0470. The van der Waals surface area contributed by atoms with Gasteiger partial charge in [0.2, 0.25) is 5.13 Å². The maximum atomic E-state index is 13.8. The fourth-order valence-corrected chi connectivity index (χ4v) is 7.76. The molecule has 7 rings (SSSR count). The van der Waals surface area contributed by atoms with Crippen LogP contribution in [-0.4, -0.2) is 41.2 Å². The summed E-state index contributed by atoms with van der Waals surface area (Å²) in [5, 5.41) is 23.0. The molecule has 1 saturated heterocycles. The molecule has 0 radical (unpaired) electrons. The molecule has 1 amide bonds. The molecule has 5 aromatic carbocycles. The summed E-state index contributed by atoms with van der Waals surface area (Å²) in [6.07, 6.45) is 0. The van der Waals surface area contributed by atoms with E-state index in [9.17, 15) is 14.7 Å². The number of Topliss-reactive ketones (excluding diaryl/α,β-unsaturated/α-hetero) is 1. The van der Waals surface area contributed by atoms with Crippen LogP contribution in [0, 0.1) is 0 Å². The Morgan fingerprint density at radius 1 is 0.840 bits per heavy atom. The maximum Gasteiger partial charge on any atom is 0.301 e. The number of anilines is 1. The second kappa shape index (κ2) is 14.5. The molecule has 1 aliphatic rings. The molecule has 1 aliphatic heterocycles. The first kappa shape index (κ1) is 32.9. The lowest BCUT2D eigenvalue weighted by atomic mass is 9.95. The summed E-state index contributed by atoms with van der Waals surface area (Å²) in [4.78, 5) is 28.9. The number of carbonyl (C=O) groups is 2. The van der Waals surface area contributed by atoms with E-state index in [1.165, 1.54) is 42.2 Å². The van der Waals surface area contributed by atoms with Crippen molar-refractivity contribution in [2.45, 2.75) is 22.7 Å². The molecule has 11 heteroatoms. The van der Waals surface area contributed by atoms with Gasteiger partial charge in [0.1, 0.15) is 18.1 Å². The Hall–Kier alpha value is -5.65. The van der Waals surface area contributed by atoms with E-state index in [1.807, 2.05) is 48.5 Å². The molecule has 9 nitrogen and oxygen atoms in total. The van der Waals surface area contributed by atoms with Crippen LogP contribution in [0.2, 0.25) is 0 Å². The Morgan fingerprint density at radius 3 is 2.36 bits per heavy atom. The first-order valence-electron chi connectivity index (χ1n) is 15.7. The van der Waals surface area contributed by atoms with E-state index in [2.05, 4.69) is 34.5 Å². The minimum absolute atomic E-state index is 0.0830. The summed E-state index contributed by atoms with van der Waals surface area (Å²) in [6, 6.07) is 35.1. The van der Waals surface area contributed by atoms with Crippen molar-refractivity contribution < 1.29 is 28.9 Å². The van der Waals surface area contributed by atoms with E-state index < -0.39 is 17.7 Å². The van der Waals surface area contributed by atoms with E-state index in [0.29, 0.717) is 39.5 Å². The number of hydrogen-bond acceptors (Lipinski definition) is 10. The highest BCUT2D eigenvalue weighted by atomic mass is 32.2. The standard InChI is InChI=1S/C39H31N3O6S2/c1-46-31-20-17-27(21-32(31)47-2)35(43)33-34(26-15-18-29(19-16-26)48-22-24-9-4-3-5-10-24)42(37(45)36(33)44)38-40-41-39(50-38)49-23-28-13-8-12-25-11-6-7-14-30(25)28/h3-21,34,43H,22-23H2,1-2H3/b35-33+. The van der Waals surface area contributed by atoms with E-state index in [-0.39, 0.29) is 22.0 Å². The van der Waals surface area contributed by atoms with Gasteiger partial charge in [0, 0.05) is 11.3 Å². The van der Waals surface area contributed by atoms with Gasteiger partial charge in [0.05, 0.1) is 25.8 Å². The zero-order chi connectivity index (χ0) is 34.6. The first-order valence-corrected chi connectivity index (χ1v) is 17.5. The number of thioether (sulfide) groups is 1. The SMILES string of the molecule is COc1ccc(/C(O)=C2\C(=O)C(=O)N(c3nnc(SCc4cccc5ccccc45)s3)C2c2ccc(OCc3ccccc3)cc2)cc1OC. The summed E-state index contributed by atoms with van der Waals surface area (Å²) >= 11 is 2.72. The summed E-state index contributed by atoms with van der Waals surface area (Å²) < 4.78 is 17.4. The van der Waals surface area contributed by atoms with Gasteiger partial charge in [0.25, 0.3) is 5.78 Å². The smallest absolute Gasteiger partial charge is 0.301 e. The number of benzene rings is 5. The van der Waals surface area contributed by atoms with Crippen molar-refractivity contribution in [3.63, 3.8) is 0 Å². The summed E-state index contributed by atoms with van der Waals surface area (Å²) in [7, 11) is 2.99. The van der Waals surface area contributed by atoms with E-state index in [1.54, 1.807) is 42.5 Å². The molecule has 0 bridgehead atoms. The predicted molar refractivity (Wildman–Crippen MR) is 195 cm³/mol. The Morgan fingerprint density at radius 2 is 1.58 bits per heavy atom. The number of aliphatic hydroxyl groups is 1. The van der Waals surface area contributed by atoms with Crippen LogP contribution in [0.15, 0.2) is 125 Å². The fourth-order valence-electron chi connectivity index (χ4n) is 5.89. The first-order chi connectivity index (χ1) is 24.4. The third-order valence-electron chi connectivity index (χ3n) is 8.38. The van der Waals surface area contributed by atoms with Gasteiger partial charge in [-0.2, -0.15) is 0 Å². The minimum Gasteiger partial charge on any atom is -0.507 e. The van der Waals surface area contributed by atoms with Crippen LogP contribution in [0.25, 0.3) is 16.5 Å². The molecule has 0 spiro atoms. The number of methoxy groups -OCH3 is 2. The van der Waals surface area contributed by atoms with Gasteiger partial charge in [-0.1, -0.05) is 108 Å². The van der Waals surface area contributed by atoms with Crippen LogP contribution in [0.3, 0.4) is 0 Å². The number of fused-ring (bicyclic) bond motifs is 1. The lowest BCUT2D eigenvalue weighted by Crippen LogP contribution is -2.29. The fraction of sp³-hybridized carbons (Fsp3) is 0.128. The topological polar surface area (TPSA) is 111 Å². The summed E-state index contributed by atoms with van der Waals surface area (Å²) in [5.74, 6) is 0.0553. The molecule has 50 heavy (non-hydrogen) atoms. The zero-order valence-corrected chi connectivity index (χ0v) is 28.7. The number of nitrogens with zero attached hydrogens (tertiary/aromatic N) is 3. The van der Waals surface area contributed by atoms with Gasteiger partial charge in [-0.05, 0) is 57.8 Å². The number of aromatic nitrogens is 2. The normalized spacial score (nSPS) is 15.4. The Labute approximate surface area is 296 Å². The number of carbonyl (C=O) groups excluding carboxylic acids is 2. The highest BCUT2D eigenvalue weighted by Gasteiger charge is 2.48. The van der Waals surface area contributed by atoms with Gasteiger partial charge in [0.15, 0.2) is 15.8 Å². The second-order valence-corrected chi connectivity index (χ2v) is 13.5. The van der Waals surface area contributed by atoms with Crippen molar-refractivity contribution in [3.8, 4) is 17.2 Å². The maximum absolute atomic E-state index is 13.8. The van der Waals surface area contributed by atoms with Crippen LogP contribution in [-0.2, 0) is 21.9 Å². The van der Waals surface area contributed by atoms with E-state index in [0.717, 1.165) is 21.9 Å². The minimum atomic E-state index is -0.991. The van der Waals surface area contributed by atoms with E-state index >= 15 is 0 Å². The number of hydrogen-bond donors (Lipinski definition) is 1. The third kappa shape index (κ3) is 6.52. The lowest BCUT2D eigenvalue weighted by molar-refractivity contribution is -0.132. The second-order valence-electron chi connectivity index (χ2n) is 11.4. The van der Waals surface area contributed by atoms with Crippen molar-refractivity contribution in [1.29, 1.82) is 0 Å². The van der Waals surface area contributed by atoms with Crippen LogP contribution in [0.1, 0.15) is 28.3 Å². The van der Waals surface area contributed by atoms with Crippen LogP contribution >= 0.6 is 23.1 Å². The van der Waals surface area contributed by atoms with Crippen molar-refractivity contribution in [3.05, 3.63) is 143 Å². The molecule has 1 N–H and O–H groups in total.